The highest BCUT2D eigenvalue weighted by atomic mass is 127. The summed E-state index contributed by atoms with van der Waals surface area (Å²) in [4.78, 5) is 0. The summed E-state index contributed by atoms with van der Waals surface area (Å²) in [7, 11) is 0. The van der Waals surface area contributed by atoms with E-state index in [9.17, 15) is 8.78 Å². The van der Waals surface area contributed by atoms with Crippen molar-refractivity contribution in [3.8, 4) is 0 Å². The van der Waals surface area contributed by atoms with Crippen LogP contribution in [0.5, 0.6) is 0 Å². The van der Waals surface area contributed by atoms with Crippen molar-refractivity contribution >= 4 is 38.5 Å². The maximum atomic E-state index is 13.3. The lowest BCUT2D eigenvalue weighted by Crippen LogP contribution is -2.03. The Labute approximate surface area is 113 Å². The monoisotopic (exact) mass is 398 g/mol. The molecule has 6 heteroatoms. The Morgan fingerprint density at radius 2 is 2.12 bits per heavy atom. The Morgan fingerprint density at radius 1 is 1.38 bits per heavy atom. The Morgan fingerprint density at radius 3 is 2.75 bits per heavy atom. The lowest BCUT2D eigenvalue weighted by molar-refractivity contribution is 0.565. The molecule has 16 heavy (non-hydrogen) atoms. The van der Waals surface area contributed by atoms with Crippen molar-refractivity contribution in [3.05, 3.63) is 49.8 Å². The standard InChI is InChI=1S/C10H6BrF2IN2/c11-8-5-16(15-10(8)14)4-6-3-7(12)1-2-9(6)13/h1-3,5H,4H2. The van der Waals surface area contributed by atoms with Crippen LogP contribution < -0.4 is 0 Å². The average Bonchev–Trinajstić information content (AvgIpc) is 2.52. The quantitative estimate of drug-likeness (QED) is 0.707. The first kappa shape index (κ1) is 12.0. The summed E-state index contributed by atoms with van der Waals surface area (Å²) in [6.45, 7) is 0.213. The number of hydrogen-bond donors (Lipinski definition) is 0. The van der Waals surface area contributed by atoms with Crippen LogP contribution in [0.25, 0.3) is 0 Å². The molecule has 84 valence electrons. The zero-order valence-corrected chi connectivity index (χ0v) is 11.7. The predicted octanol–water partition coefficient (Wildman–Crippen LogP) is 3.58. The van der Waals surface area contributed by atoms with Crippen LogP contribution in [0, 0.1) is 15.3 Å². The van der Waals surface area contributed by atoms with Gasteiger partial charge < -0.3 is 0 Å². The van der Waals surface area contributed by atoms with E-state index >= 15 is 0 Å². The fourth-order valence-electron chi connectivity index (χ4n) is 1.29. The van der Waals surface area contributed by atoms with Gasteiger partial charge in [0.1, 0.15) is 15.3 Å². The Balaban J connectivity index is 2.29. The van der Waals surface area contributed by atoms with Crippen molar-refractivity contribution in [2.75, 3.05) is 0 Å². The summed E-state index contributed by atoms with van der Waals surface area (Å²) in [5.41, 5.74) is 0.284. The molecule has 0 amide bonds. The maximum Gasteiger partial charge on any atom is 0.137 e. The van der Waals surface area contributed by atoms with Crippen LogP contribution in [0.1, 0.15) is 5.56 Å². The normalized spacial score (nSPS) is 10.8. The summed E-state index contributed by atoms with van der Waals surface area (Å²) in [6, 6.07) is 3.40. The van der Waals surface area contributed by atoms with E-state index in [1.165, 1.54) is 6.07 Å². The highest BCUT2D eigenvalue weighted by Gasteiger charge is 2.07. The molecule has 1 aromatic heterocycles. The van der Waals surface area contributed by atoms with Gasteiger partial charge in [-0.3, -0.25) is 4.68 Å². The Hall–Kier alpha value is -0.500. The molecule has 2 nitrogen and oxygen atoms in total. The number of halogens is 4. The molecule has 0 bridgehead atoms. The maximum absolute atomic E-state index is 13.3. The van der Waals surface area contributed by atoms with E-state index in [-0.39, 0.29) is 12.1 Å². The SMILES string of the molecule is Fc1ccc(F)c(Cn2cc(Br)c(I)n2)c1. The van der Waals surface area contributed by atoms with Crippen molar-refractivity contribution in [1.82, 2.24) is 9.78 Å². The van der Waals surface area contributed by atoms with E-state index in [0.29, 0.717) is 0 Å². The number of hydrogen-bond acceptors (Lipinski definition) is 1. The first-order chi connectivity index (χ1) is 7.56. The third-order valence-corrected chi connectivity index (χ3v) is 4.13. The summed E-state index contributed by atoms with van der Waals surface area (Å²) >= 11 is 5.36. The molecule has 2 rings (SSSR count). The largest absolute Gasteiger partial charge is 0.266 e. The first-order valence-corrected chi connectivity index (χ1v) is 6.26. The van der Waals surface area contributed by atoms with Crippen LogP contribution in [-0.4, -0.2) is 9.78 Å². The fraction of sp³-hybridized carbons (Fsp3) is 0.100. The molecule has 0 fully saturated rings. The van der Waals surface area contributed by atoms with E-state index in [2.05, 4.69) is 43.6 Å². The second-order valence-corrected chi connectivity index (χ2v) is 5.08. The van der Waals surface area contributed by atoms with Crippen LogP contribution >= 0.6 is 38.5 Å². The van der Waals surface area contributed by atoms with Gasteiger partial charge in [0.2, 0.25) is 0 Å². The van der Waals surface area contributed by atoms with E-state index in [1.54, 1.807) is 10.9 Å². The van der Waals surface area contributed by atoms with E-state index < -0.39 is 11.6 Å². The Bertz CT molecular complexity index is 508. The van der Waals surface area contributed by atoms with Crippen molar-refractivity contribution in [2.45, 2.75) is 6.54 Å². The molecule has 2 aromatic rings. The number of aromatic nitrogens is 2. The van der Waals surface area contributed by atoms with Gasteiger partial charge in [0.25, 0.3) is 0 Å². The molecular weight excluding hydrogens is 393 g/mol. The van der Waals surface area contributed by atoms with Gasteiger partial charge in [0.05, 0.1) is 11.0 Å². The van der Waals surface area contributed by atoms with Crippen molar-refractivity contribution in [3.63, 3.8) is 0 Å². The molecule has 0 spiro atoms. The molecule has 0 aliphatic carbocycles. The smallest absolute Gasteiger partial charge is 0.137 e. The van der Waals surface area contributed by atoms with Gasteiger partial charge in [-0.15, -0.1) is 0 Å². The Kier molecular flexibility index (Phi) is 3.58. The molecule has 0 N–H and O–H groups in total. The van der Waals surface area contributed by atoms with Gasteiger partial charge in [-0.1, -0.05) is 0 Å². The molecular formula is C10H6BrF2IN2. The van der Waals surface area contributed by atoms with Gasteiger partial charge in [-0.2, -0.15) is 5.10 Å². The van der Waals surface area contributed by atoms with Crippen LogP contribution in [-0.2, 0) is 6.54 Å². The van der Waals surface area contributed by atoms with E-state index in [0.717, 1.165) is 20.3 Å². The summed E-state index contributed by atoms with van der Waals surface area (Å²) in [5.74, 6) is -0.875. The van der Waals surface area contributed by atoms with Crippen molar-refractivity contribution < 1.29 is 8.78 Å². The van der Waals surface area contributed by atoms with Gasteiger partial charge in [-0.05, 0) is 56.7 Å². The minimum absolute atomic E-state index is 0.213. The van der Waals surface area contributed by atoms with Crippen molar-refractivity contribution in [1.29, 1.82) is 0 Å². The second kappa shape index (κ2) is 4.79. The first-order valence-electron chi connectivity index (χ1n) is 4.38. The average molecular weight is 399 g/mol. The second-order valence-electron chi connectivity index (χ2n) is 3.20. The van der Waals surface area contributed by atoms with E-state index in [4.69, 9.17) is 0 Å². The van der Waals surface area contributed by atoms with Crippen LogP contribution in [0.3, 0.4) is 0 Å². The molecule has 0 radical (unpaired) electrons. The third kappa shape index (κ3) is 2.60. The number of benzene rings is 1. The topological polar surface area (TPSA) is 17.8 Å². The summed E-state index contributed by atoms with van der Waals surface area (Å²) < 4.78 is 29.5. The lowest BCUT2D eigenvalue weighted by atomic mass is 10.2. The third-order valence-electron chi connectivity index (χ3n) is 2.02. The summed E-state index contributed by atoms with van der Waals surface area (Å²) in [5, 5.41) is 4.14. The van der Waals surface area contributed by atoms with Gasteiger partial charge in [0, 0.05) is 11.8 Å². The van der Waals surface area contributed by atoms with Crippen molar-refractivity contribution in [2.24, 2.45) is 0 Å². The zero-order valence-electron chi connectivity index (χ0n) is 7.92. The molecule has 1 aromatic carbocycles. The number of nitrogens with zero attached hydrogens (tertiary/aromatic N) is 2. The molecule has 0 atom stereocenters. The molecule has 0 aliphatic rings. The van der Waals surface area contributed by atoms with Crippen LogP contribution in [0.2, 0.25) is 0 Å². The number of rotatable bonds is 2. The highest BCUT2D eigenvalue weighted by Crippen LogP contribution is 2.18. The molecule has 0 aliphatic heterocycles. The fourth-order valence-corrected chi connectivity index (χ4v) is 2.03. The molecule has 0 saturated carbocycles. The predicted molar refractivity (Wildman–Crippen MR) is 68.1 cm³/mol. The minimum atomic E-state index is -0.447. The van der Waals surface area contributed by atoms with Crippen LogP contribution in [0.15, 0.2) is 28.9 Å². The van der Waals surface area contributed by atoms with Gasteiger partial charge in [0.15, 0.2) is 0 Å². The van der Waals surface area contributed by atoms with Gasteiger partial charge in [-0.25, -0.2) is 8.78 Å². The molecule has 1 heterocycles. The lowest BCUT2D eigenvalue weighted by Gasteiger charge is -2.03. The summed E-state index contributed by atoms with van der Waals surface area (Å²) in [6.07, 6.45) is 1.73. The molecule has 0 saturated heterocycles. The zero-order chi connectivity index (χ0) is 11.7. The van der Waals surface area contributed by atoms with E-state index in [1.807, 2.05) is 0 Å². The minimum Gasteiger partial charge on any atom is -0.266 e. The molecule has 0 unspecified atom stereocenters. The van der Waals surface area contributed by atoms with Gasteiger partial charge >= 0.3 is 0 Å². The van der Waals surface area contributed by atoms with Crippen LogP contribution in [0.4, 0.5) is 8.78 Å². The highest BCUT2D eigenvalue weighted by molar-refractivity contribution is 14.1.